The molecule has 6 nitrogen and oxygen atoms in total. The number of carboxylic acids is 1. The Morgan fingerprint density at radius 3 is 2.88 bits per heavy atom. The average Bonchev–Trinajstić information content (AvgIpc) is 2.81. The van der Waals surface area contributed by atoms with Gasteiger partial charge in [-0.25, -0.2) is 4.98 Å². The van der Waals surface area contributed by atoms with E-state index in [0.717, 1.165) is 11.4 Å². The molecule has 90 valence electrons. The van der Waals surface area contributed by atoms with Gasteiger partial charge in [-0.1, -0.05) is 11.8 Å². The number of imidazole rings is 1. The highest BCUT2D eigenvalue weighted by molar-refractivity contribution is 7.99. The summed E-state index contributed by atoms with van der Waals surface area (Å²) >= 11 is 1.20. The van der Waals surface area contributed by atoms with Crippen molar-refractivity contribution in [2.45, 2.75) is 12.1 Å². The minimum absolute atomic E-state index is 0.00326. The fraction of sp³-hybridized carbons (Fsp3) is 0.300. The zero-order valence-corrected chi connectivity index (χ0v) is 10.3. The number of aromatic nitrogens is 4. The Bertz CT molecular complexity index is 546. The monoisotopic (exact) mass is 252 g/mol. The van der Waals surface area contributed by atoms with E-state index >= 15 is 0 Å². The van der Waals surface area contributed by atoms with Crippen LogP contribution in [0.25, 0.3) is 5.69 Å². The molecule has 17 heavy (non-hydrogen) atoms. The molecule has 1 N–H and O–H groups in total. The lowest BCUT2D eigenvalue weighted by Gasteiger charge is -2.02. The van der Waals surface area contributed by atoms with Crippen LogP contribution in [-0.4, -0.2) is 36.2 Å². The molecule has 2 aromatic rings. The molecule has 7 heteroatoms. The number of rotatable bonds is 4. The Morgan fingerprint density at radius 1 is 1.53 bits per heavy atom. The highest BCUT2D eigenvalue weighted by Crippen LogP contribution is 2.21. The van der Waals surface area contributed by atoms with Gasteiger partial charge in [-0.2, -0.15) is 5.10 Å². The van der Waals surface area contributed by atoms with Gasteiger partial charge in [-0.3, -0.25) is 14.0 Å². The first kappa shape index (κ1) is 11.7. The maximum absolute atomic E-state index is 10.6. The van der Waals surface area contributed by atoms with Crippen LogP contribution in [0, 0.1) is 6.92 Å². The molecule has 0 amide bonds. The van der Waals surface area contributed by atoms with E-state index in [1.54, 1.807) is 10.9 Å². The Labute approximate surface area is 102 Å². The first-order chi connectivity index (χ1) is 8.06. The fourth-order valence-corrected chi connectivity index (χ4v) is 2.18. The van der Waals surface area contributed by atoms with Crippen molar-refractivity contribution >= 4 is 17.7 Å². The summed E-state index contributed by atoms with van der Waals surface area (Å²) in [6, 6.07) is 0. The predicted octanol–water partition coefficient (Wildman–Crippen LogP) is 1.09. The summed E-state index contributed by atoms with van der Waals surface area (Å²) in [6.07, 6.45) is 5.43. The van der Waals surface area contributed by atoms with Crippen LogP contribution < -0.4 is 0 Å². The zero-order chi connectivity index (χ0) is 12.4. The van der Waals surface area contributed by atoms with Gasteiger partial charge in [0.2, 0.25) is 0 Å². The molecule has 2 rings (SSSR count). The first-order valence-corrected chi connectivity index (χ1v) is 5.94. The van der Waals surface area contributed by atoms with Gasteiger partial charge >= 0.3 is 5.97 Å². The third-order valence-electron chi connectivity index (χ3n) is 2.09. The van der Waals surface area contributed by atoms with Crippen LogP contribution in [0.1, 0.15) is 5.69 Å². The van der Waals surface area contributed by atoms with Gasteiger partial charge < -0.3 is 5.11 Å². The standard InChI is InChI=1S/C10H12N4O2S/c1-7-4-14(8-3-11-13(2)5-8)10(12-7)17-6-9(15)16/h3-5H,6H2,1-2H3,(H,15,16). The molecule has 0 radical (unpaired) electrons. The lowest BCUT2D eigenvalue weighted by atomic mass is 10.5. The van der Waals surface area contributed by atoms with Crippen LogP contribution in [0.5, 0.6) is 0 Å². The summed E-state index contributed by atoms with van der Waals surface area (Å²) in [7, 11) is 1.83. The van der Waals surface area contributed by atoms with Crippen LogP contribution in [0.2, 0.25) is 0 Å². The molecule has 0 bridgehead atoms. The second-order valence-corrected chi connectivity index (χ2v) is 4.53. The van der Waals surface area contributed by atoms with E-state index in [1.165, 1.54) is 11.8 Å². The smallest absolute Gasteiger partial charge is 0.313 e. The van der Waals surface area contributed by atoms with Crippen molar-refractivity contribution in [1.29, 1.82) is 0 Å². The third kappa shape index (κ3) is 2.68. The molecule has 0 spiro atoms. The Morgan fingerprint density at radius 2 is 2.29 bits per heavy atom. The summed E-state index contributed by atoms with van der Waals surface area (Å²) in [5.41, 5.74) is 1.72. The molecule has 0 atom stereocenters. The Hall–Kier alpha value is -1.76. The molecule has 0 saturated carbocycles. The normalized spacial score (nSPS) is 10.7. The molecule has 0 fully saturated rings. The number of thioether (sulfide) groups is 1. The molecule has 0 aliphatic carbocycles. The second-order valence-electron chi connectivity index (χ2n) is 3.59. The van der Waals surface area contributed by atoms with Gasteiger partial charge in [0.25, 0.3) is 0 Å². The van der Waals surface area contributed by atoms with Gasteiger partial charge in [0.1, 0.15) is 0 Å². The molecular weight excluding hydrogens is 240 g/mol. The van der Waals surface area contributed by atoms with Crippen LogP contribution in [0.15, 0.2) is 23.7 Å². The van der Waals surface area contributed by atoms with Crippen molar-refractivity contribution in [2.75, 3.05) is 5.75 Å². The number of hydrogen-bond acceptors (Lipinski definition) is 4. The first-order valence-electron chi connectivity index (χ1n) is 4.96. The zero-order valence-electron chi connectivity index (χ0n) is 9.49. The van der Waals surface area contributed by atoms with Gasteiger partial charge in [0.15, 0.2) is 5.16 Å². The van der Waals surface area contributed by atoms with Gasteiger partial charge in [0.05, 0.1) is 23.3 Å². The van der Waals surface area contributed by atoms with E-state index in [0.29, 0.717) is 5.16 Å². The molecule has 2 heterocycles. The van der Waals surface area contributed by atoms with Gasteiger partial charge in [0, 0.05) is 19.4 Å². The van der Waals surface area contributed by atoms with E-state index in [1.807, 2.05) is 30.9 Å². The highest BCUT2D eigenvalue weighted by atomic mass is 32.2. The molecule has 0 unspecified atom stereocenters. The van der Waals surface area contributed by atoms with E-state index in [-0.39, 0.29) is 5.75 Å². The van der Waals surface area contributed by atoms with Gasteiger partial charge in [-0.15, -0.1) is 0 Å². The molecule has 2 aromatic heterocycles. The van der Waals surface area contributed by atoms with Crippen LogP contribution in [0.4, 0.5) is 0 Å². The van der Waals surface area contributed by atoms with E-state index in [2.05, 4.69) is 10.1 Å². The van der Waals surface area contributed by atoms with Crippen molar-refractivity contribution in [3.63, 3.8) is 0 Å². The van der Waals surface area contributed by atoms with Crippen molar-refractivity contribution in [3.05, 3.63) is 24.3 Å². The molecule has 0 saturated heterocycles. The SMILES string of the molecule is Cc1cn(-c2cnn(C)c2)c(SCC(=O)O)n1. The summed E-state index contributed by atoms with van der Waals surface area (Å²) in [6.45, 7) is 1.87. The Balaban J connectivity index is 2.30. The summed E-state index contributed by atoms with van der Waals surface area (Å²) in [4.78, 5) is 14.9. The molecular formula is C10H12N4O2S. The van der Waals surface area contributed by atoms with Gasteiger partial charge in [-0.05, 0) is 6.92 Å². The second kappa shape index (κ2) is 4.62. The fourth-order valence-electron chi connectivity index (χ4n) is 1.42. The van der Waals surface area contributed by atoms with E-state index < -0.39 is 5.97 Å². The summed E-state index contributed by atoms with van der Waals surface area (Å²) in [5.74, 6) is -0.857. The van der Waals surface area contributed by atoms with Crippen molar-refractivity contribution in [1.82, 2.24) is 19.3 Å². The number of carboxylic acid groups (broad SMARTS) is 1. The molecule has 0 aromatic carbocycles. The quantitative estimate of drug-likeness (QED) is 0.825. The molecule has 0 aliphatic rings. The highest BCUT2D eigenvalue weighted by Gasteiger charge is 2.11. The third-order valence-corrected chi connectivity index (χ3v) is 3.03. The largest absolute Gasteiger partial charge is 0.481 e. The van der Waals surface area contributed by atoms with Crippen LogP contribution >= 0.6 is 11.8 Å². The predicted molar refractivity (Wildman–Crippen MR) is 63.4 cm³/mol. The number of hydrogen-bond donors (Lipinski definition) is 1. The maximum Gasteiger partial charge on any atom is 0.313 e. The number of carbonyl (C=O) groups is 1. The lowest BCUT2D eigenvalue weighted by Crippen LogP contribution is -2.00. The number of aliphatic carboxylic acids is 1. The maximum atomic E-state index is 10.6. The van der Waals surface area contributed by atoms with Crippen molar-refractivity contribution < 1.29 is 9.90 Å². The van der Waals surface area contributed by atoms with Crippen LogP contribution in [0.3, 0.4) is 0 Å². The Kier molecular flexibility index (Phi) is 3.19. The van der Waals surface area contributed by atoms with Crippen molar-refractivity contribution in [3.8, 4) is 5.69 Å². The number of aryl methyl sites for hydroxylation is 2. The summed E-state index contributed by atoms with van der Waals surface area (Å²) < 4.78 is 3.53. The minimum atomic E-state index is -0.853. The van der Waals surface area contributed by atoms with E-state index in [4.69, 9.17) is 5.11 Å². The lowest BCUT2D eigenvalue weighted by molar-refractivity contribution is -0.133. The topological polar surface area (TPSA) is 72.9 Å². The minimum Gasteiger partial charge on any atom is -0.481 e. The summed E-state index contributed by atoms with van der Waals surface area (Å²) in [5, 5.41) is 13.4. The van der Waals surface area contributed by atoms with Crippen LogP contribution in [-0.2, 0) is 11.8 Å². The molecule has 0 aliphatic heterocycles. The average molecular weight is 252 g/mol. The van der Waals surface area contributed by atoms with Crippen molar-refractivity contribution in [2.24, 2.45) is 7.05 Å². The number of nitrogens with zero attached hydrogens (tertiary/aromatic N) is 4. The van der Waals surface area contributed by atoms with E-state index in [9.17, 15) is 4.79 Å².